The van der Waals surface area contributed by atoms with E-state index in [0.717, 1.165) is 32.8 Å². The second kappa shape index (κ2) is 4.86. The van der Waals surface area contributed by atoms with Crippen molar-refractivity contribution in [2.45, 2.75) is 5.16 Å². The zero-order chi connectivity index (χ0) is 14.2. The Bertz CT molecular complexity index is 931. The summed E-state index contributed by atoms with van der Waals surface area (Å²) in [7, 11) is 0. The van der Waals surface area contributed by atoms with Gasteiger partial charge in [-0.15, -0.1) is 10.2 Å². The van der Waals surface area contributed by atoms with Crippen molar-refractivity contribution in [3.05, 3.63) is 54.6 Å². The first-order valence-electron chi connectivity index (χ1n) is 6.62. The maximum Gasteiger partial charge on any atom is 0.212 e. The van der Waals surface area contributed by atoms with Gasteiger partial charge in [0, 0.05) is 16.3 Å². The molecule has 21 heavy (non-hydrogen) atoms. The van der Waals surface area contributed by atoms with Crippen LogP contribution in [0, 0.1) is 0 Å². The quantitative estimate of drug-likeness (QED) is 0.529. The molecular formula is C16H12N4S. The Balaban J connectivity index is 2.17. The van der Waals surface area contributed by atoms with Crippen molar-refractivity contribution in [3.8, 4) is 11.3 Å². The minimum atomic E-state index is 0.799. The number of benzene rings is 2. The van der Waals surface area contributed by atoms with Gasteiger partial charge in [0.2, 0.25) is 5.16 Å². The van der Waals surface area contributed by atoms with Crippen LogP contribution in [0.1, 0.15) is 0 Å². The highest BCUT2D eigenvalue weighted by atomic mass is 32.2. The van der Waals surface area contributed by atoms with E-state index in [4.69, 9.17) is 5.10 Å². The second-order valence-corrected chi connectivity index (χ2v) is 5.46. The lowest BCUT2D eigenvalue weighted by molar-refractivity contribution is 0.819. The molecule has 102 valence electrons. The Morgan fingerprint density at radius 3 is 2.33 bits per heavy atom. The summed E-state index contributed by atoms with van der Waals surface area (Å²) >= 11 is 1.54. The fourth-order valence-electron chi connectivity index (χ4n) is 2.50. The van der Waals surface area contributed by atoms with Crippen molar-refractivity contribution >= 4 is 28.2 Å². The molecule has 0 aliphatic rings. The van der Waals surface area contributed by atoms with E-state index in [1.165, 1.54) is 0 Å². The third-order valence-electron chi connectivity index (χ3n) is 3.46. The van der Waals surface area contributed by atoms with E-state index in [9.17, 15) is 0 Å². The predicted molar refractivity (Wildman–Crippen MR) is 85.5 cm³/mol. The van der Waals surface area contributed by atoms with Crippen molar-refractivity contribution in [3.63, 3.8) is 0 Å². The first-order valence-corrected chi connectivity index (χ1v) is 7.84. The molecule has 0 saturated carbocycles. The minimum absolute atomic E-state index is 0.799. The van der Waals surface area contributed by atoms with Gasteiger partial charge < -0.3 is 0 Å². The van der Waals surface area contributed by atoms with Gasteiger partial charge in [-0.1, -0.05) is 66.4 Å². The summed E-state index contributed by atoms with van der Waals surface area (Å²) in [6.45, 7) is 0. The molecule has 2 aromatic heterocycles. The lowest BCUT2D eigenvalue weighted by Crippen LogP contribution is -1.98. The van der Waals surface area contributed by atoms with Gasteiger partial charge in [0.1, 0.15) is 0 Å². The van der Waals surface area contributed by atoms with Crippen LogP contribution >= 0.6 is 11.8 Å². The minimum Gasteiger partial charge on any atom is -0.186 e. The maximum absolute atomic E-state index is 4.78. The lowest BCUT2D eigenvalue weighted by atomic mass is 10.1. The summed E-state index contributed by atoms with van der Waals surface area (Å²) in [4.78, 5) is 0. The van der Waals surface area contributed by atoms with Crippen molar-refractivity contribution in [2.75, 3.05) is 6.26 Å². The fraction of sp³-hybridized carbons (Fsp3) is 0.0625. The highest BCUT2D eigenvalue weighted by molar-refractivity contribution is 7.98. The van der Waals surface area contributed by atoms with Gasteiger partial charge in [-0.25, -0.2) is 0 Å². The molecule has 4 nitrogen and oxygen atoms in total. The molecule has 0 amide bonds. The molecule has 5 heteroatoms. The Hall–Kier alpha value is -2.40. The lowest BCUT2D eigenvalue weighted by Gasteiger charge is -2.07. The summed E-state index contributed by atoms with van der Waals surface area (Å²) in [5, 5.41) is 16.2. The van der Waals surface area contributed by atoms with Crippen molar-refractivity contribution in [1.82, 2.24) is 19.8 Å². The normalized spacial score (nSPS) is 11.3. The Labute approximate surface area is 125 Å². The van der Waals surface area contributed by atoms with Gasteiger partial charge >= 0.3 is 0 Å². The van der Waals surface area contributed by atoms with Crippen LogP contribution in [0.4, 0.5) is 0 Å². The average Bonchev–Trinajstić information content (AvgIpc) is 2.98. The molecule has 0 saturated heterocycles. The van der Waals surface area contributed by atoms with E-state index in [0.29, 0.717) is 0 Å². The summed E-state index contributed by atoms with van der Waals surface area (Å²) in [5.41, 5.74) is 2.85. The Kier molecular flexibility index (Phi) is 2.86. The topological polar surface area (TPSA) is 43.1 Å². The highest BCUT2D eigenvalue weighted by Crippen LogP contribution is 2.29. The molecule has 0 spiro atoms. The molecule has 4 aromatic rings. The number of nitrogens with zero attached hydrogens (tertiary/aromatic N) is 4. The number of rotatable bonds is 2. The molecule has 0 unspecified atom stereocenters. The second-order valence-electron chi connectivity index (χ2n) is 4.68. The monoisotopic (exact) mass is 292 g/mol. The first kappa shape index (κ1) is 12.3. The molecule has 0 bridgehead atoms. The van der Waals surface area contributed by atoms with Gasteiger partial charge in [0.25, 0.3) is 0 Å². The number of thioether (sulfide) groups is 1. The van der Waals surface area contributed by atoms with Crippen LogP contribution in [0.25, 0.3) is 27.7 Å². The third kappa shape index (κ3) is 1.89. The standard InChI is InChI=1S/C16H12N4S/c1-21-16-18-17-15-13-10-6-5-9-12(13)14(19-20(15)16)11-7-3-2-4-8-11/h2-10H,1H3. The van der Waals surface area contributed by atoms with E-state index in [-0.39, 0.29) is 0 Å². The molecular weight excluding hydrogens is 280 g/mol. The molecule has 4 rings (SSSR count). The fourth-order valence-corrected chi connectivity index (χ4v) is 2.92. The Morgan fingerprint density at radius 2 is 1.57 bits per heavy atom. The highest BCUT2D eigenvalue weighted by Gasteiger charge is 2.14. The smallest absolute Gasteiger partial charge is 0.186 e. The number of hydrogen-bond donors (Lipinski definition) is 0. The largest absolute Gasteiger partial charge is 0.212 e. The molecule has 2 heterocycles. The van der Waals surface area contributed by atoms with E-state index in [1.807, 2.05) is 41.1 Å². The van der Waals surface area contributed by atoms with Gasteiger partial charge in [0.05, 0.1) is 5.69 Å². The van der Waals surface area contributed by atoms with E-state index in [1.54, 1.807) is 11.8 Å². The number of hydrogen-bond acceptors (Lipinski definition) is 4. The Morgan fingerprint density at radius 1 is 0.857 bits per heavy atom. The summed E-state index contributed by atoms with van der Waals surface area (Å²) in [5.74, 6) is 0. The van der Waals surface area contributed by atoms with E-state index < -0.39 is 0 Å². The number of fused-ring (bicyclic) bond motifs is 3. The predicted octanol–water partition coefficient (Wildman–Crippen LogP) is 3.67. The van der Waals surface area contributed by atoms with Crippen LogP contribution in [-0.2, 0) is 0 Å². The van der Waals surface area contributed by atoms with Crippen molar-refractivity contribution in [2.24, 2.45) is 0 Å². The molecule has 0 aliphatic carbocycles. The van der Waals surface area contributed by atoms with Gasteiger partial charge in [-0.2, -0.15) is 9.61 Å². The summed E-state index contributed by atoms with van der Waals surface area (Å²) < 4.78 is 1.83. The summed E-state index contributed by atoms with van der Waals surface area (Å²) in [6.07, 6.45) is 1.98. The van der Waals surface area contributed by atoms with Crippen LogP contribution in [0.2, 0.25) is 0 Å². The molecule has 2 aromatic carbocycles. The van der Waals surface area contributed by atoms with Crippen LogP contribution in [0.5, 0.6) is 0 Å². The molecule has 0 fully saturated rings. The molecule has 0 radical (unpaired) electrons. The van der Waals surface area contributed by atoms with Crippen LogP contribution in [-0.4, -0.2) is 26.1 Å². The first-order chi connectivity index (χ1) is 10.4. The van der Waals surface area contributed by atoms with Gasteiger partial charge in [0.15, 0.2) is 5.65 Å². The van der Waals surface area contributed by atoms with Crippen molar-refractivity contribution in [1.29, 1.82) is 0 Å². The number of aromatic nitrogens is 4. The average molecular weight is 292 g/mol. The SMILES string of the molecule is CSc1nnc2c3ccccc3c(-c3ccccc3)nn12. The maximum atomic E-state index is 4.78. The van der Waals surface area contributed by atoms with Gasteiger partial charge in [-0.05, 0) is 6.26 Å². The molecule has 0 atom stereocenters. The van der Waals surface area contributed by atoms with Crippen LogP contribution in [0.3, 0.4) is 0 Å². The van der Waals surface area contributed by atoms with Crippen LogP contribution < -0.4 is 0 Å². The zero-order valence-corrected chi connectivity index (χ0v) is 12.2. The third-order valence-corrected chi connectivity index (χ3v) is 4.08. The zero-order valence-electron chi connectivity index (χ0n) is 11.4. The molecule has 0 N–H and O–H groups in total. The summed E-state index contributed by atoms with van der Waals surface area (Å²) in [6, 6.07) is 18.4. The molecule has 0 aliphatic heterocycles. The van der Waals surface area contributed by atoms with E-state index in [2.05, 4.69) is 34.5 Å². The van der Waals surface area contributed by atoms with Crippen LogP contribution in [0.15, 0.2) is 59.8 Å². The van der Waals surface area contributed by atoms with E-state index >= 15 is 0 Å². The van der Waals surface area contributed by atoms with Gasteiger partial charge in [-0.3, -0.25) is 0 Å². The van der Waals surface area contributed by atoms with Crippen molar-refractivity contribution < 1.29 is 0 Å².